The predicted molar refractivity (Wildman–Crippen MR) is 78.2 cm³/mol. The smallest absolute Gasteiger partial charge is 0.134 e. The second kappa shape index (κ2) is 5.53. The predicted octanol–water partition coefficient (Wildman–Crippen LogP) is 3.26. The number of fused-ring (bicyclic) bond motifs is 1. The first-order valence-electron chi connectivity index (χ1n) is 7.09. The molecule has 0 saturated carbocycles. The van der Waals surface area contributed by atoms with Crippen molar-refractivity contribution in [2.24, 2.45) is 0 Å². The minimum Gasteiger partial charge on any atom is -0.493 e. The number of ether oxygens (including phenoxy) is 1. The summed E-state index contributed by atoms with van der Waals surface area (Å²) in [7, 11) is 0. The van der Waals surface area contributed by atoms with Gasteiger partial charge >= 0.3 is 0 Å². The fraction of sp³-hybridized carbons (Fsp3) is 0.353. The third kappa shape index (κ3) is 2.77. The van der Waals surface area contributed by atoms with Crippen molar-refractivity contribution in [1.82, 2.24) is 4.98 Å². The summed E-state index contributed by atoms with van der Waals surface area (Å²) in [6, 6.07) is 8.28. The van der Waals surface area contributed by atoms with Crippen LogP contribution in [0.5, 0.6) is 5.75 Å². The van der Waals surface area contributed by atoms with Crippen LogP contribution in [0.15, 0.2) is 36.7 Å². The minimum atomic E-state index is 0.198. The number of aromatic amines is 1. The highest BCUT2D eigenvalue weighted by atomic mass is 16.5. The van der Waals surface area contributed by atoms with E-state index in [1.165, 1.54) is 11.1 Å². The molecule has 2 heterocycles. The number of nitrogens with one attached hydrogen (secondary N) is 1. The number of Topliss-reactive ketones (excluding diaryl/α,β-unsaturated/α-hetero) is 1. The fourth-order valence-electron chi connectivity index (χ4n) is 2.89. The zero-order chi connectivity index (χ0) is 13.9. The standard InChI is InChI=1S/C17H19NO2/c1-12(19)8-13-2-3-17-16(10-13)15(5-7-20-17)9-14-4-6-18-11-14/h2-4,6,10-11,15,18H,5,7-9H2,1H3. The van der Waals surface area contributed by atoms with E-state index in [0.29, 0.717) is 12.3 Å². The van der Waals surface area contributed by atoms with Gasteiger partial charge in [-0.25, -0.2) is 0 Å². The van der Waals surface area contributed by atoms with Gasteiger partial charge in [0.25, 0.3) is 0 Å². The second-order valence-corrected chi connectivity index (χ2v) is 5.51. The van der Waals surface area contributed by atoms with E-state index in [2.05, 4.69) is 23.3 Å². The van der Waals surface area contributed by atoms with E-state index in [4.69, 9.17) is 4.74 Å². The van der Waals surface area contributed by atoms with Gasteiger partial charge in [0.1, 0.15) is 11.5 Å². The zero-order valence-corrected chi connectivity index (χ0v) is 11.7. The Morgan fingerprint density at radius 2 is 2.25 bits per heavy atom. The maximum Gasteiger partial charge on any atom is 0.134 e. The van der Waals surface area contributed by atoms with Crippen LogP contribution in [-0.2, 0) is 17.6 Å². The van der Waals surface area contributed by atoms with E-state index in [-0.39, 0.29) is 5.78 Å². The minimum absolute atomic E-state index is 0.198. The van der Waals surface area contributed by atoms with Gasteiger partial charge < -0.3 is 9.72 Å². The molecule has 1 N–H and O–H groups in total. The molecule has 0 amide bonds. The summed E-state index contributed by atoms with van der Waals surface area (Å²) in [4.78, 5) is 14.4. The van der Waals surface area contributed by atoms with Crippen LogP contribution < -0.4 is 4.74 Å². The highest BCUT2D eigenvalue weighted by Gasteiger charge is 2.22. The molecule has 3 heteroatoms. The molecule has 1 aliphatic rings. The topological polar surface area (TPSA) is 42.1 Å². The molecule has 1 aromatic carbocycles. The van der Waals surface area contributed by atoms with Crippen molar-refractivity contribution in [2.75, 3.05) is 6.61 Å². The normalized spacial score (nSPS) is 17.4. The molecule has 0 bridgehead atoms. The monoisotopic (exact) mass is 269 g/mol. The molecule has 1 atom stereocenters. The Balaban J connectivity index is 1.87. The quantitative estimate of drug-likeness (QED) is 0.925. The Morgan fingerprint density at radius 1 is 1.35 bits per heavy atom. The Labute approximate surface area is 119 Å². The first-order valence-corrected chi connectivity index (χ1v) is 7.09. The summed E-state index contributed by atoms with van der Waals surface area (Å²) in [6.07, 6.45) is 6.56. The van der Waals surface area contributed by atoms with E-state index in [1.807, 2.05) is 18.3 Å². The molecule has 0 aliphatic carbocycles. The van der Waals surface area contributed by atoms with Crippen molar-refractivity contribution in [1.29, 1.82) is 0 Å². The zero-order valence-electron chi connectivity index (χ0n) is 11.7. The number of carbonyl (C=O) groups is 1. The second-order valence-electron chi connectivity index (χ2n) is 5.51. The Kier molecular flexibility index (Phi) is 3.59. The van der Waals surface area contributed by atoms with Crippen LogP contribution in [0.3, 0.4) is 0 Å². The van der Waals surface area contributed by atoms with Crippen molar-refractivity contribution in [3.05, 3.63) is 53.3 Å². The third-order valence-electron chi connectivity index (χ3n) is 3.84. The number of H-pyrrole nitrogens is 1. The first kappa shape index (κ1) is 13.0. The third-order valence-corrected chi connectivity index (χ3v) is 3.84. The van der Waals surface area contributed by atoms with Crippen molar-refractivity contribution in [2.45, 2.75) is 32.1 Å². The highest BCUT2D eigenvalue weighted by molar-refractivity contribution is 5.78. The fourth-order valence-corrected chi connectivity index (χ4v) is 2.89. The number of rotatable bonds is 4. The highest BCUT2D eigenvalue weighted by Crippen LogP contribution is 2.36. The van der Waals surface area contributed by atoms with Gasteiger partial charge in [0.05, 0.1) is 6.61 Å². The van der Waals surface area contributed by atoms with E-state index in [9.17, 15) is 4.79 Å². The molecule has 20 heavy (non-hydrogen) atoms. The van der Waals surface area contributed by atoms with Crippen molar-refractivity contribution in [3.8, 4) is 5.75 Å². The number of carbonyl (C=O) groups excluding carboxylic acids is 1. The number of hydrogen-bond donors (Lipinski definition) is 1. The summed E-state index contributed by atoms with van der Waals surface area (Å²) >= 11 is 0. The summed E-state index contributed by atoms with van der Waals surface area (Å²) in [6.45, 7) is 2.40. The number of ketones is 1. The van der Waals surface area contributed by atoms with E-state index in [0.717, 1.165) is 30.8 Å². The lowest BCUT2D eigenvalue weighted by Gasteiger charge is -2.26. The summed E-state index contributed by atoms with van der Waals surface area (Å²) in [5, 5.41) is 0. The summed E-state index contributed by atoms with van der Waals surface area (Å²) < 4.78 is 5.74. The van der Waals surface area contributed by atoms with Gasteiger partial charge in [-0.1, -0.05) is 12.1 Å². The molecule has 3 rings (SSSR count). The van der Waals surface area contributed by atoms with Crippen LogP contribution in [0.4, 0.5) is 0 Å². The number of hydrogen-bond acceptors (Lipinski definition) is 2. The van der Waals surface area contributed by atoms with Crippen molar-refractivity contribution in [3.63, 3.8) is 0 Å². The Bertz CT molecular complexity index is 601. The van der Waals surface area contributed by atoms with E-state index < -0.39 is 0 Å². The molecule has 1 unspecified atom stereocenters. The molecule has 0 fully saturated rings. The van der Waals surface area contributed by atoms with Crippen LogP contribution in [0, 0.1) is 0 Å². The van der Waals surface area contributed by atoms with Crippen molar-refractivity contribution >= 4 is 5.78 Å². The Hall–Kier alpha value is -2.03. The average molecular weight is 269 g/mol. The number of aromatic nitrogens is 1. The molecule has 104 valence electrons. The van der Waals surface area contributed by atoms with Gasteiger partial charge in [0.2, 0.25) is 0 Å². The SMILES string of the molecule is CC(=O)Cc1ccc2c(c1)C(Cc1cc[nH]c1)CCO2. The summed E-state index contributed by atoms with van der Waals surface area (Å²) in [5.74, 6) is 1.65. The van der Waals surface area contributed by atoms with Gasteiger partial charge in [0, 0.05) is 18.8 Å². The molecule has 1 aliphatic heterocycles. The Morgan fingerprint density at radius 3 is 3.00 bits per heavy atom. The molecule has 0 spiro atoms. The largest absolute Gasteiger partial charge is 0.493 e. The lowest BCUT2D eigenvalue weighted by Crippen LogP contribution is -2.16. The molecule has 3 nitrogen and oxygen atoms in total. The molecule has 1 aromatic heterocycles. The number of benzene rings is 1. The van der Waals surface area contributed by atoms with Gasteiger partial charge in [-0.2, -0.15) is 0 Å². The maximum absolute atomic E-state index is 11.3. The molecule has 2 aromatic rings. The van der Waals surface area contributed by atoms with Crippen LogP contribution in [0.1, 0.15) is 36.0 Å². The molecule has 0 saturated heterocycles. The van der Waals surface area contributed by atoms with E-state index >= 15 is 0 Å². The lowest BCUT2D eigenvalue weighted by atomic mass is 9.87. The molecular formula is C17H19NO2. The van der Waals surface area contributed by atoms with Crippen molar-refractivity contribution < 1.29 is 9.53 Å². The van der Waals surface area contributed by atoms with E-state index in [1.54, 1.807) is 6.92 Å². The molecule has 0 radical (unpaired) electrons. The first-order chi connectivity index (χ1) is 9.72. The van der Waals surface area contributed by atoms with Gasteiger partial charge in [-0.3, -0.25) is 4.79 Å². The lowest BCUT2D eigenvalue weighted by molar-refractivity contribution is -0.116. The summed E-state index contributed by atoms with van der Waals surface area (Å²) in [5.41, 5.74) is 3.65. The maximum atomic E-state index is 11.3. The van der Waals surface area contributed by atoms with Crippen LogP contribution >= 0.6 is 0 Å². The van der Waals surface area contributed by atoms with Crippen LogP contribution in [-0.4, -0.2) is 17.4 Å². The molecular weight excluding hydrogens is 250 g/mol. The van der Waals surface area contributed by atoms with Crippen LogP contribution in [0.2, 0.25) is 0 Å². The van der Waals surface area contributed by atoms with Gasteiger partial charge in [0.15, 0.2) is 0 Å². The average Bonchev–Trinajstić information content (AvgIpc) is 2.92. The van der Waals surface area contributed by atoms with Gasteiger partial charge in [-0.15, -0.1) is 0 Å². The van der Waals surface area contributed by atoms with Gasteiger partial charge in [-0.05, 0) is 54.5 Å². The van der Waals surface area contributed by atoms with Crippen LogP contribution in [0.25, 0.3) is 0 Å².